The molecule has 1 heterocycles. The standard InChI is InChI=1S/C14H18O5/c1-9-3-5-10(6-4-9)13(16)18-8-11-7-12(15)14(17-2)19-11/h3-6,11-12,14-15H,7-8H2,1-2H3/t11-,12-,14-/m1/s1. The van der Waals surface area contributed by atoms with Crippen molar-refractivity contribution < 1.29 is 24.1 Å². The first-order valence-electron chi connectivity index (χ1n) is 6.20. The third-order valence-electron chi connectivity index (χ3n) is 3.07. The zero-order chi connectivity index (χ0) is 13.8. The van der Waals surface area contributed by atoms with E-state index in [1.165, 1.54) is 7.11 Å². The number of rotatable bonds is 4. The lowest BCUT2D eigenvalue weighted by Crippen LogP contribution is -2.22. The molecule has 19 heavy (non-hydrogen) atoms. The minimum atomic E-state index is -0.673. The van der Waals surface area contributed by atoms with Gasteiger partial charge < -0.3 is 19.3 Å². The molecule has 0 aliphatic carbocycles. The molecule has 5 heteroatoms. The lowest BCUT2D eigenvalue weighted by Gasteiger charge is -2.13. The van der Waals surface area contributed by atoms with Gasteiger partial charge in [0.15, 0.2) is 6.29 Å². The van der Waals surface area contributed by atoms with Crippen LogP contribution in [0.3, 0.4) is 0 Å². The number of hydrogen-bond donors (Lipinski definition) is 1. The van der Waals surface area contributed by atoms with Crippen LogP contribution in [0.4, 0.5) is 0 Å². The summed E-state index contributed by atoms with van der Waals surface area (Å²) in [6.45, 7) is 2.07. The van der Waals surface area contributed by atoms with Crippen LogP contribution in [0.25, 0.3) is 0 Å². The van der Waals surface area contributed by atoms with Gasteiger partial charge in [0.05, 0.1) is 11.7 Å². The molecule has 0 saturated carbocycles. The first-order chi connectivity index (χ1) is 9.10. The normalized spacial score (nSPS) is 26.4. The van der Waals surface area contributed by atoms with Crippen molar-refractivity contribution in [2.24, 2.45) is 0 Å². The number of ether oxygens (including phenoxy) is 3. The summed E-state index contributed by atoms with van der Waals surface area (Å²) in [5, 5.41) is 9.58. The predicted octanol–water partition coefficient (Wildman–Crippen LogP) is 1.27. The molecule has 0 bridgehead atoms. The van der Waals surface area contributed by atoms with Crippen molar-refractivity contribution in [1.82, 2.24) is 0 Å². The number of benzene rings is 1. The second-order valence-electron chi connectivity index (χ2n) is 4.63. The maximum atomic E-state index is 11.8. The van der Waals surface area contributed by atoms with Gasteiger partial charge in [-0.25, -0.2) is 4.79 Å². The largest absolute Gasteiger partial charge is 0.459 e. The smallest absolute Gasteiger partial charge is 0.338 e. The van der Waals surface area contributed by atoms with Crippen LogP contribution in [0.2, 0.25) is 0 Å². The lowest BCUT2D eigenvalue weighted by molar-refractivity contribution is -0.153. The third-order valence-corrected chi connectivity index (χ3v) is 3.07. The highest BCUT2D eigenvalue weighted by Crippen LogP contribution is 2.21. The molecule has 104 valence electrons. The monoisotopic (exact) mass is 266 g/mol. The van der Waals surface area contributed by atoms with E-state index in [9.17, 15) is 9.90 Å². The fourth-order valence-electron chi connectivity index (χ4n) is 1.98. The predicted molar refractivity (Wildman–Crippen MR) is 67.8 cm³/mol. The summed E-state index contributed by atoms with van der Waals surface area (Å²) in [7, 11) is 1.47. The SMILES string of the molecule is CO[C@@H]1O[C@@H](COC(=O)c2ccc(C)cc2)C[C@H]1O. The van der Waals surface area contributed by atoms with Crippen LogP contribution < -0.4 is 0 Å². The molecule has 1 aromatic carbocycles. The van der Waals surface area contributed by atoms with E-state index in [1.54, 1.807) is 12.1 Å². The number of methoxy groups -OCH3 is 1. The maximum absolute atomic E-state index is 11.8. The van der Waals surface area contributed by atoms with Crippen molar-refractivity contribution in [3.63, 3.8) is 0 Å². The molecule has 1 N–H and O–H groups in total. The second kappa shape index (κ2) is 6.14. The first kappa shape index (κ1) is 14.0. The molecule has 0 aromatic heterocycles. The molecule has 0 unspecified atom stereocenters. The van der Waals surface area contributed by atoms with Crippen molar-refractivity contribution >= 4 is 5.97 Å². The number of hydrogen-bond acceptors (Lipinski definition) is 5. The molecule has 1 fully saturated rings. The van der Waals surface area contributed by atoms with E-state index in [0.29, 0.717) is 12.0 Å². The van der Waals surface area contributed by atoms with Crippen LogP contribution in [-0.4, -0.2) is 43.3 Å². The van der Waals surface area contributed by atoms with E-state index in [0.717, 1.165) is 5.56 Å². The van der Waals surface area contributed by atoms with E-state index in [-0.39, 0.29) is 18.7 Å². The van der Waals surface area contributed by atoms with Gasteiger partial charge in [-0.3, -0.25) is 0 Å². The number of aliphatic hydroxyl groups is 1. The molecule has 5 nitrogen and oxygen atoms in total. The van der Waals surface area contributed by atoms with Crippen LogP contribution in [-0.2, 0) is 14.2 Å². The van der Waals surface area contributed by atoms with Crippen molar-refractivity contribution in [2.45, 2.75) is 31.8 Å². The Kier molecular flexibility index (Phi) is 4.52. The molecule has 2 rings (SSSR count). The quantitative estimate of drug-likeness (QED) is 0.831. The Morgan fingerprint density at radius 3 is 2.68 bits per heavy atom. The summed E-state index contributed by atoms with van der Waals surface area (Å²) in [6.07, 6.45) is -1.23. The molecular weight excluding hydrogens is 248 g/mol. The molecule has 0 radical (unpaired) electrons. The van der Waals surface area contributed by atoms with Gasteiger partial charge in [0.25, 0.3) is 0 Å². The van der Waals surface area contributed by atoms with Crippen molar-refractivity contribution in [3.05, 3.63) is 35.4 Å². The number of carbonyl (C=O) groups excluding carboxylic acids is 1. The molecular formula is C14H18O5. The molecule has 1 aliphatic heterocycles. The third kappa shape index (κ3) is 3.53. The van der Waals surface area contributed by atoms with Gasteiger partial charge in [0.1, 0.15) is 12.7 Å². The van der Waals surface area contributed by atoms with Gasteiger partial charge in [-0.1, -0.05) is 17.7 Å². The van der Waals surface area contributed by atoms with Crippen molar-refractivity contribution in [1.29, 1.82) is 0 Å². The zero-order valence-corrected chi connectivity index (χ0v) is 11.0. The van der Waals surface area contributed by atoms with E-state index < -0.39 is 12.4 Å². The number of aryl methyl sites for hydroxylation is 1. The van der Waals surface area contributed by atoms with Crippen LogP contribution >= 0.6 is 0 Å². The number of aliphatic hydroxyl groups excluding tert-OH is 1. The Balaban J connectivity index is 1.83. The number of esters is 1. The van der Waals surface area contributed by atoms with Gasteiger partial charge >= 0.3 is 5.97 Å². The van der Waals surface area contributed by atoms with E-state index in [4.69, 9.17) is 14.2 Å². The van der Waals surface area contributed by atoms with Crippen LogP contribution in [0.5, 0.6) is 0 Å². The summed E-state index contributed by atoms with van der Waals surface area (Å²) < 4.78 is 15.5. The summed E-state index contributed by atoms with van der Waals surface area (Å²) in [4.78, 5) is 11.8. The van der Waals surface area contributed by atoms with Crippen LogP contribution in [0, 0.1) is 6.92 Å². The molecule has 1 aliphatic rings. The lowest BCUT2D eigenvalue weighted by atomic mass is 10.1. The van der Waals surface area contributed by atoms with Gasteiger partial charge in [-0.05, 0) is 19.1 Å². The fourth-order valence-corrected chi connectivity index (χ4v) is 1.98. The highest BCUT2D eigenvalue weighted by Gasteiger charge is 2.34. The summed E-state index contributed by atoms with van der Waals surface area (Å²) in [5.41, 5.74) is 1.59. The second-order valence-corrected chi connectivity index (χ2v) is 4.63. The van der Waals surface area contributed by atoms with Gasteiger partial charge in [-0.15, -0.1) is 0 Å². The summed E-state index contributed by atoms with van der Waals surface area (Å²) >= 11 is 0. The topological polar surface area (TPSA) is 65.0 Å². The van der Waals surface area contributed by atoms with Crippen LogP contribution in [0.15, 0.2) is 24.3 Å². The molecule has 0 spiro atoms. The highest BCUT2D eigenvalue weighted by molar-refractivity contribution is 5.89. The molecule has 0 amide bonds. The van der Waals surface area contributed by atoms with Gasteiger partial charge in [0, 0.05) is 13.5 Å². The average Bonchev–Trinajstić information content (AvgIpc) is 2.77. The maximum Gasteiger partial charge on any atom is 0.338 e. The highest BCUT2D eigenvalue weighted by atomic mass is 16.7. The Bertz CT molecular complexity index is 428. The molecule has 3 atom stereocenters. The van der Waals surface area contributed by atoms with Gasteiger partial charge in [-0.2, -0.15) is 0 Å². The van der Waals surface area contributed by atoms with Crippen molar-refractivity contribution in [2.75, 3.05) is 13.7 Å². The van der Waals surface area contributed by atoms with Crippen LogP contribution in [0.1, 0.15) is 22.3 Å². The number of carbonyl (C=O) groups is 1. The summed E-state index contributed by atoms with van der Waals surface area (Å²) in [5.74, 6) is -0.390. The molecule has 1 aromatic rings. The average molecular weight is 266 g/mol. The van der Waals surface area contributed by atoms with Gasteiger partial charge in [0.2, 0.25) is 0 Å². The minimum Gasteiger partial charge on any atom is -0.459 e. The Hall–Kier alpha value is -1.43. The molecule has 1 saturated heterocycles. The van der Waals surface area contributed by atoms with E-state index in [2.05, 4.69) is 0 Å². The Morgan fingerprint density at radius 2 is 2.11 bits per heavy atom. The zero-order valence-electron chi connectivity index (χ0n) is 11.0. The van der Waals surface area contributed by atoms with E-state index >= 15 is 0 Å². The summed E-state index contributed by atoms with van der Waals surface area (Å²) in [6, 6.07) is 7.15. The minimum absolute atomic E-state index is 0.115. The van der Waals surface area contributed by atoms with Crippen molar-refractivity contribution in [3.8, 4) is 0 Å². The Morgan fingerprint density at radius 1 is 1.42 bits per heavy atom. The fraction of sp³-hybridized carbons (Fsp3) is 0.500. The van der Waals surface area contributed by atoms with E-state index in [1.807, 2.05) is 19.1 Å². The first-order valence-corrected chi connectivity index (χ1v) is 6.20. The Labute approximate surface area is 112 Å².